The van der Waals surface area contributed by atoms with E-state index in [0.29, 0.717) is 25.3 Å². The van der Waals surface area contributed by atoms with Crippen LogP contribution in [-0.4, -0.2) is 41.8 Å². The minimum absolute atomic E-state index is 0.0194. The first-order chi connectivity index (χ1) is 8.95. The van der Waals surface area contributed by atoms with Crippen LogP contribution in [0.1, 0.15) is 32.5 Å². The smallest absolute Gasteiger partial charge is 0.260 e. The highest BCUT2D eigenvalue weighted by Gasteiger charge is 2.32. The minimum Gasteiger partial charge on any atom is -0.332 e. The van der Waals surface area contributed by atoms with E-state index in [0.717, 1.165) is 12.8 Å². The number of H-pyrrole nitrogens is 1. The second-order valence-electron chi connectivity index (χ2n) is 5.17. The number of nitrogens with two attached hydrogens (primary N) is 1. The van der Waals surface area contributed by atoms with E-state index in [-0.39, 0.29) is 17.0 Å². The highest BCUT2D eigenvalue weighted by atomic mass is 32.2. The second-order valence-corrected chi connectivity index (χ2v) is 7.08. The van der Waals surface area contributed by atoms with Gasteiger partial charge in [0, 0.05) is 25.6 Å². The number of nitrogens with one attached hydrogen (secondary N) is 1. The molecule has 0 aromatic carbocycles. The van der Waals surface area contributed by atoms with Gasteiger partial charge in [-0.05, 0) is 25.7 Å². The Labute approximate surface area is 114 Å². The molecule has 6 nitrogen and oxygen atoms in total. The van der Waals surface area contributed by atoms with Gasteiger partial charge in [0.1, 0.15) is 5.82 Å². The van der Waals surface area contributed by atoms with Crippen LogP contribution in [0.5, 0.6) is 0 Å². The summed E-state index contributed by atoms with van der Waals surface area (Å²) in [5, 5.41) is 0.190. The summed E-state index contributed by atoms with van der Waals surface area (Å²) in [5.74, 6) is 0.927. The van der Waals surface area contributed by atoms with E-state index < -0.39 is 10.0 Å². The fraction of sp³-hybridized carbons (Fsp3) is 0.750. The maximum atomic E-state index is 12.5. The molecule has 0 spiro atoms. The molecule has 1 fully saturated rings. The molecule has 1 saturated heterocycles. The molecule has 2 heterocycles. The van der Waals surface area contributed by atoms with Crippen molar-refractivity contribution in [2.45, 2.75) is 44.2 Å². The first-order valence-corrected chi connectivity index (χ1v) is 8.18. The number of nitrogens with zero attached hydrogens (tertiary/aromatic N) is 2. The lowest BCUT2D eigenvalue weighted by Crippen LogP contribution is -2.45. The van der Waals surface area contributed by atoms with Gasteiger partial charge in [0.05, 0.1) is 6.20 Å². The molecule has 3 N–H and O–H groups in total. The number of aryl methyl sites for hydroxylation is 1. The van der Waals surface area contributed by atoms with Crippen molar-refractivity contribution in [2.75, 3.05) is 13.1 Å². The molecule has 2 unspecified atom stereocenters. The second kappa shape index (κ2) is 5.60. The molecule has 0 aliphatic carbocycles. The molecule has 1 aromatic rings. The highest BCUT2D eigenvalue weighted by Crippen LogP contribution is 2.24. The number of aromatic amines is 1. The molecule has 1 aromatic heterocycles. The quantitative estimate of drug-likeness (QED) is 0.853. The fourth-order valence-corrected chi connectivity index (χ4v) is 3.88. The Bertz CT molecular complexity index is 524. The van der Waals surface area contributed by atoms with Gasteiger partial charge in [-0.15, -0.1) is 0 Å². The molecule has 7 heteroatoms. The molecule has 19 heavy (non-hydrogen) atoms. The van der Waals surface area contributed by atoms with Crippen LogP contribution >= 0.6 is 0 Å². The van der Waals surface area contributed by atoms with Crippen LogP contribution in [0.15, 0.2) is 11.2 Å². The lowest BCUT2D eigenvalue weighted by molar-refractivity contribution is 0.242. The number of sulfonamides is 1. The standard InChI is InChI=1S/C12H22N4O2S/c1-3-11-14-7-12(15-11)19(17,18)16-6-4-5-10(8-16)9(2)13/h7,9-10H,3-6,8,13H2,1-2H3,(H,14,15). The van der Waals surface area contributed by atoms with Gasteiger partial charge in [-0.2, -0.15) is 4.31 Å². The summed E-state index contributed by atoms with van der Waals surface area (Å²) < 4.78 is 26.5. The topological polar surface area (TPSA) is 92.1 Å². The Morgan fingerprint density at radius 2 is 2.37 bits per heavy atom. The minimum atomic E-state index is -3.46. The predicted molar refractivity (Wildman–Crippen MR) is 73.1 cm³/mol. The van der Waals surface area contributed by atoms with Crippen molar-refractivity contribution in [3.8, 4) is 0 Å². The van der Waals surface area contributed by atoms with Crippen molar-refractivity contribution in [1.29, 1.82) is 0 Å². The van der Waals surface area contributed by atoms with E-state index in [4.69, 9.17) is 5.73 Å². The van der Waals surface area contributed by atoms with Crippen LogP contribution in [0.25, 0.3) is 0 Å². The van der Waals surface area contributed by atoms with Crippen LogP contribution < -0.4 is 5.73 Å². The molecule has 108 valence electrons. The average molecular weight is 286 g/mol. The normalized spacial score (nSPS) is 23.4. The van der Waals surface area contributed by atoms with Crippen LogP contribution in [0.3, 0.4) is 0 Å². The summed E-state index contributed by atoms with van der Waals surface area (Å²) in [6.45, 7) is 4.93. The molecule has 0 amide bonds. The van der Waals surface area contributed by atoms with Crippen molar-refractivity contribution < 1.29 is 8.42 Å². The molecule has 0 saturated carbocycles. The number of imidazole rings is 1. The summed E-state index contributed by atoms with van der Waals surface area (Å²) in [5.41, 5.74) is 5.90. The van der Waals surface area contributed by atoms with Gasteiger partial charge in [0.15, 0.2) is 5.03 Å². The number of hydrogen-bond acceptors (Lipinski definition) is 4. The zero-order chi connectivity index (χ0) is 14.0. The lowest BCUT2D eigenvalue weighted by atomic mass is 9.93. The van der Waals surface area contributed by atoms with Crippen molar-refractivity contribution in [3.63, 3.8) is 0 Å². The van der Waals surface area contributed by atoms with Crippen molar-refractivity contribution in [2.24, 2.45) is 11.7 Å². The van der Waals surface area contributed by atoms with Gasteiger partial charge in [0.25, 0.3) is 10.0 Å². The number of piperidine rings is 1. The molecule has 2 atom stereocenters. The lowest BCUT2D eigenvalue weighted by Gasteiger charge is -2.33. The molecular weight excluding hydrogens is 264 g/mol. The van der Waals surface area contributed by atoms with Gasteiger partial charge >= 0.3 is 0 Å². The summed E-state index contributed by atoms with van der Waals surface area (Å²) in [6.07, 6.45) is 3.95. The summed E-state index contributed by atoms with van der Waals surface area (Å²) in [6, 6.07) is 0.0194. The molecular formula is C12H22N4O2S. The number of aromatic nitrogens is 2. The van der Waals surface area contributed by atoms with E-state index >= 15 is 0 Å². The van der Waals surface area contributed by atoms with Crippen molar-refractivity contribution in [1.82, 2.24) is 14.3 Å². The van der Waals surface area contributed by atoms with Gasteiger partial charge in [-0.3, -0.25) is 0 Å². The van der Waals surface area contributed by atoms with Gasteiger partial charge < -0.3 is 10.7 Å². The van der Waals surface area contributed by atoms with E-state index in [9.17, 15) is 8.42 Å². The Morgan fingerprint density at radius 3 is 2.95 bits per heavy atom. The SMILES string of the molecule is CCc1ncc(S(=O)(=O)N2CCCC(C(C)N)C2)[nH]1. The average Bonchev–Trinajstić information content (AvgIpc) is 2.88. The Morgan fingerprint density at radius 1 is 1.63 bits per heavy atom. The number of hydrogen-bond donors (Lipinski definition) is 2. The molecule has 1 aliphatic heterocycles. The van der Waals surface area contributed by atoms with Gasteiger partial charge in [-0.1, -0.05) is 6.92 Å². The fourth-order valence-electron chi connectivity index (χ4n) is 2.41. The third-order valence-corrected chi connectivity index (χ3v) is 5.50. The first kappa shape index (κ1) is 14.5. The monoisotopic (exact) mass is 286 g/mol. The summed E-state index contributed by atoms with van der Waals surface area (Å²) >= 11 is 0. The third-order valence-electron chi connectivity index (χ3n) is 3.72. The van der Waals surface area contributed by atoms with Crippen LogP contribution in [0.2, 0.25) is 0 Å². The first-order valence-electron chi connectivity index (χ1n) is 6.74. The van der Waals surface area contributed by atoms with E-state index in [1.54, 1.807) is 0 Å². The van der Waals surface area contributed by atoms with Gasteiger partial charge in [0.2, 0.25) is 0 Å². The molecule has 1 aliphatic rings. The summed E-state index contributed by atoms with van der Waals surface area (Å²) in [4.78, 5) is 6.94. The molecule has 2 rings (SSSR count). The zero-order valence-electron chi connectivity index (χ0n) is 11.5. The number of rotatable bonds is 4. The van der Waals surface area contributed by atoms with E-state index in [2.05, 4.69) is 9.97 Å². The largest absolute Gasteiger partial charge is 0.332 e. The van der Waals surface area contributed by atoms with Gasteiger partial charge in [-0.25, -0.2) is 13.4 Å². The Kier molecular flexibility index (Phi) is 4.27. The molecule has 0 bridgehead atoms. The van der Waals surface area contributed by atoms with Crippen LogP contribution in [-0.2, 0) is 16.4 Å². The molecule has 0 radical (unpaired) electrons. The Hall–Kier alpha value is -0.920. The summed E-state index contributed by atoms with van der Waals surface area (Å²) in [7, 11) is -3.46. The maximum Gasteiger partial charge on any atom is 0.260 e. The van der Waals surface area contributed by atoms with Crippen molar-refractivity contribution >= 4 is 10.0 Å². The predicted octanol–water partition coefficient (Wildman–Crippen LogP) is 0.720. The third kappa shape index (κ3) is 2.98. The zero-order valence-corrected chi connectivity index (χ0v) is 12.3. The van der Waals surface area contributed by atoms with Crippen LogP contribution in [0.4, 0.5) is 0 Å². The van der Waals surface area contributed by atoms with Crippen molar-refractivity contribution in [3.05, 3.63) is 12.0 Å². The van der Waals surface area contributed by atoms with E-state index in [1.165, 1.54) is 10.5 Å². The van der Waals surface area contributed by atoms with Crippen LogP contribution in [0, 0.1) is 5.92 Å². The Balaban J connectivity index is 2.19. The van der Waals surface area contributed by atoms with E-state index in [1.807, 2.05) is 13.8 Å². The maximum absolute atomic E-state index is 12.5. The highest BCUT2D eigenvalue weighted by molar-refractivity contribution is 7.89.